The molecule has 1 atom stereocenters. The van der Waals surface area contributed by atoms with Crippen LogP contribution in [0.4, 0.5) is 4.39 Å². The Bertz CT molecular complexity index is 1290. The Morgan fingerprint density at radius 1 is 1.21 bits per heavy atom. The first-order valence-electron chi connectivity index (χ1n) is 11.6. The standard InChI is InChI=1S/C26H28FN3O3/c1-2-25(32)30-14-9-18-15-19(3-6-22(18)30)23(31)10-13-29-11-7-17(8-12-29)26-21-5-4-20(27)16-24(21)33-28-26/h3-6,9,14-17,23,31H,2,7-8,10-13H2,1H3. The van der Waals surface area contributed by atoms with Crippen LogP contribution in [0.1, 0.15) is 60.7 Å². The number of aromatic nitrogens is 2. The maximum atomic E-state index is 13.4. The van der Waals surface area contributed by atoms with E-state index < -0.39 is 6.10 Å². The number of benzene rings is 2. The highest BCUT2D eigenvalue weighted by Gasteiger charge is 2.25. The minimum absolute atomic E-state index is 0.0625. The van der Waals surface area contributed by atoms with Gasteiger partial charge < -0.3 is 14.5 Å². The molecule has 0 bridgehead atoms. The fourth-order valence-corrected chi connectivity index (χ4v) is 4.88. The summed E-state index contributed by atoms with van der Waals surface area (Å²) in [7, 11) is 0. The number of nitrogens with zero attached hydrogens (tertiary/aromatic N) is 3. The van der Waals surface area contributed by atoms with Crippen molar-refractivity contribution in [3.05, 3.63) is 65.7 Å². The highest BCUT2D eigenvalue weighted by Crippen LogP contribution is 2.33. The average molecular weight is 450 g/mol. The number of halogens is 1. The van der Waals surface area contributed by atoms with Gasteiger partial charge in [0.2, 0.25) is 5.91 Å². The molecule has 7 heteroatoms. The maximum Gasteiger partial charge on any atom is 0.230 e. The zero-order valence-electron chi connectivity index (χ0n) is 18.7. The Morgan fingerprint density at radius 3 is 2.82 bits per heavy atom. The monoisotopic (exact) mass is 449 g/mol. The fraction of sp³-hybridized carbons (Fsp3) is 0.385. The van der Waals surface area contributed by atoms with Crippen molar-refractivity contribution in [3.63, 3.8) is 0 Å². The summed E-state index contributed by atoms with van der Waals surface area (Å²) in [4.78, 5) is 14.4. The predicted molar refractivity (Wildman–Crippen MR) is 125 cm³/mol. The third kappa shape index (κ3) is 4.30. The normalized spacial score (nSPS) is 16.6. The van der Waals surface area contributed by atoms with Gasteiger partial charge in [-0.3, -0.25) is 9.36 Å². The second-order valence-corrected chi connectivity index (χ2v) is 8.88. The second-order valence-electron chi connectivity index (χ2n) is 8.88. The van der Waals surface area contributed by atoms with Crippen molar-refractivity contribution in [2.45, 2.75) is 44.6 Å². The van der Waals surface area contributed by atoms with E-state index in [2.05, 4.69) is 10.1 Å². The second kappa shape index (κ2) is 9.08. The fourth-order valence-electron chi connectivity index (χ4n) is 4.88. The molecule has 1 aliphatic rings. The maximum absolute atomic E-state index is 13.4. The van der Waals surface area contributed by atoms with Crippen LogP contribution in [-0.4, -0.2) is 45.3 Å². The molecule has 1 unspecified atom stereocenters. The SMILES string of the molecule is CCC(=O)n1ccc2cc(C(O)CCN3CCC(c4noc5cc(F)ccc45)CC3)ccc21. The highest BCUT2D eigenvalue weighted by atomic mass is 19.1. The molecular weight excluding hydrogens is 421 g/mol. The van der Waals surface area contributed by atoms with Crippen LogP contribution in [-0.2, 0) is 0 Å². The summed E-state index contributed by atoms with van der Waals surface area (Å²) < 4.78 is 20.4. The molecule has 172 valence electrons. The molecule has 4 aromatic rings. The van der Waals surface area contributed by atoms with Gasteiger partial charge in [0, 0.05) is 41.9 Å². The molecule has 0 amide bonds. The van der Waals surface area contributed by atoms with E-state index in [0.717, 1.165) is 60.0 Å². The quantitative estimate of drug-likeness (QED) is 0.434. The number of carbonyl (C=O) groups excluding carboxylic acids is 1. The number of rotatable bonds is 6. The van der Waals surface area contributed by atoms with Crippen molar-refractivity contribution in [1.82, 2.24) is 14.6 Å². The lowest BCUT2D eigenvalue weighted by Crippen LogP contribution is -2.34. The molecular formula is C26H28FN3O3. The molecule has 5 rings (SSSR count). The van der Waals surface area contributed by atoms with Crippen molar-refractivity contribution in [2.75, 3.05) is 19.6 Å². The first kappa shape index (κ1) is 21.8. The van der Waals surface area contributed by atoms with Crippen LogP contribution < -0.4 is 0 Å². The van der Waals surface area contributed by atoms with Crippen LogP contribution >= 0.6 is 0 Å². The Morgan fingerprint density at radius 2 is 2.03 bits per heavy atom. The number of piperidine rings is 1. The summed E-state index contributed by atoms with van der Waals surface area (Å²) in [5, 5.41) is 16.8. The van der Waals surface area contributed by atoms with Crippen LogP contribution in [0.2, 0.25) is 0 Å². The molecule has 1 N–H and O–H groups in total. The summed E-state index contributed by atoms with van der Waals surface area (Å²) in [5.41, 5.74) is 3.18. The minimum atomic E-state index is -0.549. The Labute approximate surface area is 191 Å². The van der Waals surface area contributed by atoms with Gasteiger partial charge in [-0.15, -0.1) is 0 Å². The van der Waals surface area contributed by atoms with Gasteiger partial charge in [0.15, 0.2) is 5.58 Å². The number of fused-ring (bicyclic) bond motifs is 2. The van der Waals surface area contributed by atoms with E-state index in [1.165, 1.54) is 12.1 Å². The van der Waals surface area contributed by atoms with Crippen LogP contribution in [0, 0.1) is 5.82 Å². The molecule has 3 heterocycles. The first-order valence-corrected chi connectivity index (χ1v) is 11.6. The van der Waals surface area contributed by atoms with Gasteiger partial charge in [-0.2, -0.15) is 0 Å². The van der Waals surface area contributed by atoms with Gasteiger partial charge in [0.25, 0.3) is 0 Å². The predicted octanol–water partition coefficient (Wildman–Crippen LogP) is 5.27. The molecule has 0 radical (unpaired) electrons. The van der Waals surface area contributed by atoms with Crippen LogP contribution in [0.3, 0.4) is 0 Å². The molecule has 1 fully saturated rings. The van der Waals surface area contributed by atoms with E-state index >= 15 is 0 Å². The number of likely N-dealkylation sites (tertiary alicyclic amines) is 1. The van der Waals surface area contributed by atoms with Crippen molar-refractivity contribution < 1.29 is 18.8 Å². The summed E-state index contributed by atoms with van der Waals surface area (Å²) in [5.74, 6) is 0.0485. The number of carbonyl (C=O) groups is 1. The summed E-state index contributed by atoms with van der Waals surface area (Å²) >= 11 is 0. The first-order chi connectivity index (χ1) is 16.0. The van der Waals surface area contributed by atoms with Gasteiger partial charge in [-0.1, -0.05) is 18.1 Å². The number of hydrogen-bond donors (Lipinski definition) is 1. The molecule has 0 aliphatic carbocycles. The van der Waals surface area contributed by atoms with Crippen molar-refractivity contribution in [3.8, 4) is 0 Å². The van der Waals surface area contributed by atoms with Gasteiger partial charge >= 0.3 is 0 Å². The lowest BCUT2D eigenvalue weighted by Gasteiger charge is -2.31. The van der Waals surface area contributed by atoms with Crippen LogP contribution in [0.5, 0.6) is 0 Å². The van der Waals surface area contributed by atoms with Crippen molar-refractivity contribution >= 4 is 27.8 Å². The van der Waals surface area contributed by atoms with Crippen molar-refractivity contribution in [1.29, 1.82) is 0 Å². The summed E-state index contributed by atoms with van der Waals surface area (Å²) in [6.45, 7) is 4.51. The van der Waals surface area contributed by atoms with Gasteiger partial charge in [0.05, 0.1) is 17.3 Å². The van der Waals surface area contributed by atoms with Gasteiger partial charge in [-0.05, 0) is 68.2 Å². The Balaban J connectivity index is 1.17. The number of aliphatic hydroxyl groups excluding tert-OH is 1. The topological polar surface area (TPSA) is 71.5 Å². The summed E-state index contributed by atoms with van der Waals surface area (Å²) in [6, 6.07) is 12.3. The highest BCUT2D eigenvalue weighted by molar-refractivity contribution is 5.92. The zero-order chi connectivity index (χ0) is 22.9. The van der Waals surface area contributed by atoms with E-state index in [9.17, 15) is 14.3 Å². The lowest BCUT2D eigenvalue weighted by atomic mass is 9.91. The number of hydrogen-bond acceptors (Lipinski definition) is 5. The van der Waals surface area contributed by atoms with E-state index in [1.807, 2.05) is 31.2 Å². The molecule has 2 aromatic heterocycles. The molecule has 1 aliphatic heterocycles. The van der Waals surface area contributed by atoms with Crippen LogP contribution in [0.25, 0.3) is 21.9 Å². The third-order valence-electron chi connectivity index (χ3n) is 6.83. The molecule has 1 saturated heterocycles. The minimum Gasteiger partial charge on any atom is -0.388 e. The molecule has 6 nitrogen and oxygen atoms in total. The Hall–Kier alpha value is -3.03. The Kier molecular flexibility index (Phi) is 6.00. The lowest BCUT2D eigenvalue weighted by molar-refractivity contribution is 0.0914. The molecule has 33 heavy (non-hydrogen) atoms. The largest absolute Gasteiger partial charge is 0.388 e. The molecule has 2 aromatic carbocycles. The smallest absolute Gasteiger partial charge is 0.230 e. The van der Waals surface area contributed by atoms with Gasteiger partial charge in [-0.25, -0.2) is 4.39 Å². The van der Waals surface area contributed by atoms with E-state index in [-0.39, 0.29) is 11.7 Å². The van der Waals surface area contributed by atoms with E-state index in [4.69, 9.17) is 4.52 Å². The average Bonchev–Trinajstić information content (AvgIpc) is 3.46. The molecule has 0 spiro atoms. The van der Waals surface area contributed by atoms with Crippen molar-refractivity contribution in [2.24, 2.45) is 0 Å². The van der Waals surface area contributed by atoms with E-state index in [0.29, 0.717) is 24.3 Å². The van der Waals surface area contributed by atoms with Crippen LogP contribution in [0.15, 0.2) is 53.2 Å². The summed E-state index contributed by atoms with van der Waals surface area (Å²) in [6.07, 6.45) is 4.27. The third-order valence-corrected chi connectivity index (χ3v) is 6.83. The zero-order valence-corrected chi connectivity index (χ0v) is 18.7. The van der Waals surface area contributed by atoms with Gasteiger partial charge in [0.1, 0.15) is 5.82 Å². The number of aliphatic hydroxyl groups is 1. The molecule has 0 saturated carbocycles. The van der Waals surface area contributed by atoms with E-state index in [1.54, 1.807) is 16.8 Å².